The first-order chi connectivity index (χ1) is 12.6. The smallest absolute Gasteiger partial charge is 0.258 e. The summed E-state index contributed by atoms with van der Waals surface area (Å²) in [5, 5.41) is 6.26. The number of thioether (sulfide) groups is 1. The Hall–Kier alpha value is -2.31. The van der Waals surface area contributed by atoms with Gasteiger partial charge in [-0.15, -0.1) is 0 Å². The molecule has 26 heavy (non-hydrogen) atoms. The number of carbonyl (C=O) groups is 2. The van der Waals surface area contributed by atoms with Gasteiger partial charge in [-0.25, -0.2) is 0 Å². The van der Waals surface area contributed by atoms with E-state index in [4.69, 9.17) is 0 Å². The van der Waals surface area contributed by atoms with Gasteiger partial charge in [0.2, 0.25) is 5.91 Å². The number of anilines is 2. The summed E-state index contributed by atoms with van der Waals surface area (Å²) in [6.45, 7) is 0.943. The molecule has 0 radical (unpaired) electrons. The molecule has 6 heteroatoms. The van der Waals surface area contributed by atoms with Crippen LogP contribution in [0.4, 0.5) is 11.4 Å². The van der Waals surface area contributed by atoms with Crippen LogP contribution in [-0.2, 0) is 4.79 Å². The molecule has 2 aromatic carbocycles. The van der Waals surface area contributed by atoms with E-state index < -0.39 is 0 Å². The van der Waals surface area contributed by atoms with Gasteiger partial charge >= 0.3 is 0 Å². The van der Waals surface area contributed by atoms with Gasteiger partial charge in [0.05, 0.1) is 0 Å². The summed E-state index contributed by atoms with van der Waals surface area (Å²) in [7, 11) is 1.75. The fourth-order valence-corrected chi connectivity index (χ4v) is 3.83. The van der Waals surface area contributed by atoms with Crippen LogP contribution in [0, 0.1) is 0 Å². The van der Waals surface area contributed by atoms with Gasteiger partial charge < -0.3 is 15.5 Å². The summed E-state index contributed by atoms with van der Waals surface area (Å²) in [5.74, 6) is 1.90. The number of amides is 2. The van der Waals surface area contributed by atoms with Crippen molar-refractivity contribution in [3.8, 4) is 0 Å². The fourth-order valence-electron chi connectivity index (χ4n) is 2.88. The molecule has 1 unspecified atom stereocenters. The van der Waals surface area contributed by atoms with Crippen molar-refractivity contribution in [3.63, 3.8) is 0 Å². The van der Waals surface area contributed by atoms with E-state index in [1.54, 1.807) is 36.2 Å². The van der Waals surface area contributed by atoms with E-state index in [1.165, 1.54) is 0 Å². The second-order valence-electron chi connectivity index (χ2n) is 6.26. The maximum absolute atomic E-state index is 12.7. The van der Waals surface area contributed by atoms with Gasteiger partial charge in [-0.05, 0) is 30.3 Å². The second-order valence-corrected chi connectivity index (χ2v) is 7.41. The molecular formula is C20H23N3O2S. The van der Waals surface area contributed by atoms with Crippen LogP contribution >= 0.6 is 11.8 Å². The summed E-state index contributed by atoms with van der Waals surface area (Å²) in [6.07, 6.45) is 0.440. The Bertz CT molecular complexity index is 761. The molecule has 3 rings (SSSR count). The highest BCUT2D eigenvalue weighted by molar-refractivity contribution is 7.99. The van der Waals surface area contributed by atoms with Gasteiger partial charge in [-0.2, -0.15) is 11.8 Å². The number of rotatable bonds is 5. The van der Waals surface area contributed by atoms with Gasteiger partial charge in [-0.3, -0.25) is 9.59 Å². The van der Waals surface area contributed by atoms with Crippen LogP contribution in [0.15, 0.2) is 54.6 Å². The Labute approximate surface area is 158 Å². The van der Waals surface area contributed by atoms with Gasteiger partial charge in [-0.1, -0.05) is 24.3 Å². The number of nitrogens with one attached hydrogen (secondary N) is 2. The summed E-state index contributed by atoms with van der Waals surface area (Å²) in [6, 6.07) is 16.8. The molecule has 1 saturated heterocycles. The number of hydrogen-bond donors (Lipinski definition) is 2. The van der Waals surface area contributed by atoms with E-state index in [0.717, 1.165) is 23.7 Å². The highest BCUT2D eigenvalue weighted by atomic mass is 32.2. The van der Waals surface area contributed by atoms with E-state index >= 15 is 0 Å². The van der Waals surface area contributed by atoms with Crippen molar-refractivity contribution in [1.82, 2.24) is 5.32 Å². The predicted molar refractivity (Wildman–Crippen MR) is 108 cm³/mol. The quantitative estimate of drug-likeness (QED) is 0.851. The number of hydrogen-bond acceptors (Lipinski definition) is 4. The topological polar surface area (TPSA) is 61.4 Å². The molecule has 0 spiro atoms. The van der Waals surface area contributed by atoms with Gasteiger partial charge in [0.15, 0.2) is 0 Å². The third-order valence-corrected chi connectivity index (χ3v) is 5.40. The monoisotopic (exact) mass is 369 g/mol. The largest absolute Gasteiger partial charge is 0.326 e. The number of nitrogens with zero attached hydrogens (tertiary/aromatic N) is 1. The maximum Gasteiger partial charge on any atom is 0.258 e. The molecule has 0 aliphatic carbocycles. The fraction of sp³-hybridized carbons (Fsp3) is 0.300. The molecule has 5 nitrogen and oxygen atoms in total. The highest BCUT2D eigenvalue weighted by Gasteiger charge is 2.18. The van der Waals surface area contributed by atoms with Crippen molar-refractivity contribution < 1.29 is 9.59 Å². The molecule has 1 aliphatic rings. The molecule has 0 bridgehead atoms. The minimum atomic E-state index is -0.113. The SMILES string of the molecule is CN(C(=O)c1cccc(NC(=O)CC2CSCCN2)c1)c1ccccc1. The van der Waals surface area contributed by atoms with Crippen LogP contribution in [0.5, 0.6) is 0 Å². The van der Waals surface area contributed by atoms with E-state index in [-0.39, 0.29) is 17.9 Å². The standard InChI is InChI=1S/C20H23N3O2S/c1-23(18-8-3-2-4-9-18)20(25)15-6-5-7-16(12-15)22-19(24)13-17-14-26-11-10-21-17/h2-9,12,17,21H,10-11,13-14H2,1H3,(H,22,24). The summed E-state index contributed by atoms with van der Waals surface area (Å²) < 4.78 is 0. The van der Waals surface area contributed by atoms with E-state index in [9.17, 15) is 9.59 Å². The highest BCUT2D eigenvalue weighted by Crippen LogP contribution is 2.18. The zero-order chi connectivity index (χ0) is 18.4. The van der Waals surface area contributed by atoms with Crippen molar-refractivity contribution in [1.29, 1.82) is 0 Å². The normalized spacial score (nSPS) is 16.7. The molecule has 0 saturated carbocycles. The third kappa shape index (κ3) is 4.86. The lowest BCUT2D eigenvalue weighted by molar-refractivity contribution is -0.116. The van der Waals surface area contributed by atoms with E-state index in [1.807, 2.05) is 42.1 Å². The van der Waals surface area contributed by atoms with Gasteiger partial charge in [0.25, 0.3) is 5.91 Å². The molecule has 1 fully saturated rings. The minimum absolute atomic E-state index is 0.0361. The molecule has 1 atom stereocenters. The molecule has 136 valence electrons. The molecule has 2 aromatic rings. The predicted octanol–water partition coefficient (Wildman–Crippen LogP) is 3.00. The van der Waals surface area contributed by atoms with Gasteiger partial charge in [0, 0.05) is 54.5 Å². The average Bonchev–Trinajstić information content (AvgIpc) is 2.68. The van der Waals surface area contributed by atoms with Crippen LogP contribution in [0.1, 0.15) is 16.8 Å². The van der Waals surface area contributed by atoms with Crippen molar-refractivity contribution in [2.45, 2.75) is 12.5 Å². The molecule has 1 aliphatic heterocycles. The molecular weight excluding hydrogens is 346 g/mol. The lowest BCUT2D eigenvalue weighted by Crippen LogP contribution is -2.39. The third-order valence-electron chi connectivity index (χ3n) is 4.27. The molecule has 2 amide bonds. The van der Waals surface area contributed by atoms with Crippen LogP contribution in [0.25, 0.3) is 0 Å². The zero-order valence-electron chi connectivity index (χ0n) is 14.8. The Morgan fingerprint density at radius 1 is 1.19 bits per heavy atom. The molecule has 0 aromatic heterocycles. The maximum atomic E-state index is 12.7. The van der Waals surface area contributed by atoms with Crippen molar-refractivity contribution in [3.05, 3.63) is 60.2 Å². The van der Waals surface area contributed by atoms with Crippen LogP contribution in [0.2, 0.25) is 0 Å². The van der Waals surface area contributed by atoms with Crippen molar-refractivity contribution in [2.75, 3.05) is 35.3 Å². The van der Waals surface area contributed by atoms with Crippen LogP contribution < -0.4 is 15.5 Å². The van der Waals surface area contributed by atoms with Gasteiger partial charge in [0.1, 0.15) is 0 Å². The van der Waals surface area contributed by atoms with Crippen LogP contribution in [0.3, 0.4) is 0 Å². The molecule has 2 N–H and O–H groups in total. The number of para-hydroxylation sites is 1. The lowest BCUT2D eigenvalue weighted by Gasteiger charge is -2.22. The first-order valence-electron chi connectivity index (χ1n) is 8.67. The first-order valence-corrected chi connectivity index (χ1v) is 9.83. The summed E-state index contributed by atoms with van der Waals surface area (Å²) in [4.78, 5) is 26.6. The van der Waals surface area contributed by atoms with Crippen molar-refractivity contribution in [2.24, 2.45) is 0 Å². The summed E-state index contributed by atoms with van der Waals surface area (Å²) >= 11 is 1.87. The Morgan fingerprint density at radius 2 is 2.00 bits per heavy atom. The number of benzene rings is 2. The average molecular weight is 369 g/mol. The Kier molecular flexibility index (Phi) is 6.30. The Balaban J connectivity index is 1.64. The Morgan fingerprint density at radius 3 is 2.73 bits per heavy atom. The minimum Gasteiger partial charge on any atom is -0.326 e. The lowest BCUT2D eigenvalue weighted by atomic mass is 10.1. The van der Waals surface area contributed by atoms with E-state index in [2.05, 4.69) is 10.6 Å². The van der Waals surface area contributed by atoms with E-state index in [0.29, 0.717) is 17.7 Å². The zero-order valence-corrected chi connectivity index (χ0v) is 15.6. The van der Waals surface area contributed by atoms with Crippen molar-refractivity contribution >= 4 is 35.0 Å². The number of carbonyl (C=O) groups excluding carboxylic acids is 2. The first kappa shape index (κ1) is 18.5. The summed E-state index contributed by atoms with van der Waals surface area (Å²) in [5.41, 5.74) is 2.01. The van der Waals surface area contributed by atoms with Crippen LogP contribution in [-0.4, -0.2) is 43.0 Å². The molecule has 1 heterocycles. The second kappa shape index (κ2) is 8.87.